The second-order valence-electron chi connectivity index (χ2n) is 8.89. The molecule has 0 saturated carbocycles. The molecule has 0 bridgehead atoms. The summed E-state index contributed by atoms with van der Waals surface area (Å²) in [6, 6.07) is 13.1. The summed E-state index contributed by atoms with van der Waals surface area (Å²) in [5, 5.41) is 9.93. The Hall–Kier alpha value is -3.33. The third-order valence-electron chi connectivity index (χ3n) is 6.50. The van der Waals surface area contributed by atoms with Crippen LogP contribution in [0.25, 0.3) is 22.4 Å². The molecule has 182 valence electrons. The van der Waals surface area contributed by atoms with Gasteiger partial charge in [0.25, 0.3) is 5.56 Å². The molecule has 1 aliphatic rings. The Balaban J connectivity index is 1.58. The Bertz CT molecular complexity index is 1440. The summed E-state index contributed by atoms with van der Waals surface area (Å²) in [6.07, 6.45) is 5.72. The largest absolute Gasteiger partial charge is 0.495 e. The third kappa shape index (κ3) is 4.52. The molecule has 5 rings (SSSR count). The molecule has 0 spiro atoms. The van der Waals surface area contributed by atoms with Gasteiger partial charge < -0.3 is 9.64 Å². The predicted octanol–water partition coefficient (Wildman–Crippen LogP) is 4.24. The van der Waals surface area contributed by atoms with Gasteiger partial charge in [-0.05, 0) is 49.6 Å². The number of hydrogen-bond acceptors (Lipinski definition) is 6. The number of aryl methyl sites for hydroxylation is 1. The Morgan fingerprint density at radius 2 is 1.77 bits per heavy atom. The number of ether oxygens (including phenoxy) is 1. The van der Waals surface area contributed by atoms with E-state index >= 15 is 0 Å². The minimum atomic E-state index is -0.197. The lowest BCUT2D eigenvalue weighted by atomic mass is 10.1. The molecule has 1 saturated heterocycles. The Labute approximate surface area is 207 Å². The van der Waals surface area contributed by atoms with E-state index in [0.29, 0.717) is 33.3 Å². The zero-order chi connectivity index (χ0) is 24.4. The fourth-order valence-corrected chi connectivity index (χ4v) is 5.52. The van der Waals surface area contributed by atoms with E-state index in [1.807, 2.05) is 52.6 Å². The van der Waals surface area contributed by atoms with E-state index in [0.717, 1.165) is 31.5 Å². The van der Waals surface area contributed by atoms with Crippen molar-refractivity contribution in [2.24, 2.45) is 0 Å². The van der Waals surface area contributed by atoms with Gasteiger partial charge in [-0.25, -0.2) is 4.57 Å². The first-order valence-corrected chi connectivity index (χ1v) is 13.0. The van der Waals surface area contributed by atoms with Crippen molar-refractivity contribution >= 4 is 34.3 Å². The van der Waals surface area contributed by atoms with E-state index in [1.165, 1.54) is 31.0 Å². The van der Waals surface area contributed by atoms with Crippen molar-refractivity contribution in [2.45, 2.75) is 44.2 Å². The molecule has 1 fully saturated rings. The van der Waals surface area contributed by atoms with Crippen LogP contribution in [0.3, 0.4) is 0 Å². The molecule has 9 heteroatoms. The first-order chi connectivity index (χ1) is 17.1. The second-order valence-corrected chi connectivity index (χ2v) is 9.83. The van der Waals surface area contributed by atoms with E-state index in [9.17, 15) is 9.59 Å². The van der Waals surface area contributed by atoms with Gasteiger partial charge in [0.1, 0.15) is 5.75 Å². The van der Waals surface area contributed by atoms with Gasteiger partial charge >= 0.3 is 0 Å². The summed E-state index contributed by atoms with van der Waals surface area (Å²) in [6.45, 7) is 3.60. The number of aromatic nitrogens is 4. The number of para-hydroxylation sites is 1. The minimum Gasteiger partial charge on any atom is -0.495 e. The van der Waals surface area contributed by atoms with Crippen LogP contribution in [-0.4, -0.2) is 55.9 Å². The van der Waals surface area contributed by atoms with Gasteiger partial charge in [0, 0.05) is 13.1 Å². The topological polar surface area (TPSA) is 81.7 Å². The summed E-state index contributed by atoms with van der Waals surface area (Å²) < 4.78 is 8.98. The standard InChI is InChI=1S/C26H29N5O3S/c1-18-12-13-22(34-2)21(16-18)30-24(33)19-10-6-7-11-20(19)31-25(30)27-28-26(31)35-17-23(32)29-14-8-4-3-5-9-15-29/h6-7,10-13,16H,3-5,8-9,14-15,17H2,1-2H3. The van der Waals surface area contributed by atoms with Crippen LogP contribution >= 0.6 is 11.8 Å². The molecule has 8 nitrogen and oxygen atoms in total. The lowest BCUT2D eigenvalue weighted by Gasteiger charge is -2.24. The van der Waals surface area contributed by atoms with Crippen LogP contribution in [0.15, 0.2) is 52.4 Å². The van der Waals surface area contributed by atoms with E-state index in [4.69, 9.17) is 4.74 Å². The van der Waals surface area contributed by atoms with Crippen molar-refractivity contribution in [3.8, 4) is 11.4 Å². The summed E-state index contributed by atoms with van der Waals surface area (Å²) in [4.78, 5) is 28.6. The first kappa shape index (κ1) is 23.4. The number of carbonyl (C=O) groups excluding carboxylic acids is 1. The molecule has 35 heavy (non-hydrogen) atoms. The van der Waals surface area contributed by atoms with Crippen molar-refractivity contribution in [3.05, 3.63) is 58.4 Å². The molecule has 2 aromatic carbocycles. The van der Waals surface area contributed by atoms with E-state index in [2.05, 4.69) is 10.2 Å². The highest BCUT2D eigenvalue weighted by Crippen LogP contribution is 2.28. The summed E-state index contributed by atoms with van der Waals surface area (Å²) in [5.74, 6) is 1.35. The number of amides is 1. The van der Waals surface area contributed by atoms with Crippen LogP contribution in [-0.2, 0) is 4.79 Å². The van der Waals surface area contributed by atoms with E-state index in [1.54, 1.807) is 17.7 Å². The smallest absolute Gasteiger partial charge is 0.267 e. The minimum absolute atomic E-state index is 0.117. The highest BCUT2D eigenvalue weighted by Gasteiger charge is 2.22. The van der Waals surface area contributed by atoms with Gasteiger partial charge in [0.05, 0.1) is 29.5 Å². The van der Waals surface area contributed by atoms with Crippen molar-refractivity contribution in [3.63, 3.8) is 0 Å². The maximum Gasteiger partial charge on any atom is 0.267 e. The fourth-order valence-electron chi connectivity index (χ4n) is 4.68. The van der Waals surface area contributed by atoms with Crippen LogP contribution in [0.1, 0.15) is 37.7 Å². The van der Waals surface area contributed by atoms with Crippen molar-refractivity contribution in [1.29, 1.82) is 0 Å². The number of hydrogen-bond donors (Lipinski definition) is 0. The first-order valence-electron chi connectivity index (χ1n) is 12.0. The second kappa shape index (κ2) is 10.1. The molecular weight excluding hydrogens is 462 g/mol. The van der Waals surface area contributed by atoms with Crippen molar-refractivity contribution < 1.29 is 9.53 Å². The van der Waals surface area contributed by atoms with Crippen LogP contribution in [0.2, 0.25) is 0 Å². The van der Waals surface area contributed by atoms with Crippen molar-refractivity contribution in [1.82, 2.24) is 24.1 Å². The Morgan fingerprint density at radius 3 is 2.54 bits per heavy atom. The van der Waals surface area contributed by atoms with E-state index in [-0.39, 0.29) is 17.2 Å². The lowest BCUT2D eigenvalue weighted by Crippen LogP contribution is -2.35. The number of benzene rings is 2. The maximum absolute atomic E-state index is 13.6. The van der Waals surface area contributed by atoms with Gasteiger partial charge in [0.15, 0.2) is 5.16 Å². The van der Waals surface area contributed by atoms with Crippen LogP contribution in [0.5, 0.6) is 5.75 Å². The highest BCUT2D eigenvalue weighted by atomic mass is 32.2. The van der Waals surface area contributed by atoms with Gasteiger partial charge in [-0.15, -0.1) is 10.2 Å². The van der Waals surface area contributed by atoms with Crippen LogP contribution in [0.4, 0.5) is 0 Å². The zero-order valence-corrected chi connectivity index (χ0v) is 20.9. The van der Waals surface area contributed by atoms with Crippen molar-refractivity contribution in [2.75, 3.05) is 26.0 Å². The molecule has 0 N–H and O–H groups in total. The van der Waals surface area contributed by atoms with Crippen LogP contribution < -0.4 is 10.3 Å². The molecule has 4 aromatic rings. The predicted molar refractivity (Wildman–Crippen MR) is 138 cm³/mol. The third-order valence-corrected chi connectivity index (χ3v) is 7.42. The number of nitrogens with zero attached hydrogens (tertiary/aromatic N) is 5. The number of carbonyl (C=O) groups is 1. The molecule has 1 aliphatic heterocycles. The number of fused-ring (bicyclic) bond motifs is 3. The Morgan fingerprint density at radius 1 is 1.03 bits per heavy atom. The molecule has 1 amide bonds. The van der Waals surface area contributed by atoms with E-state index < -0.39 is 0 Å². The zero-order valence-electron chi connectivity index (χ0n) is 20.1. The van der Waals surface area contributed by atoms with Gasteiger partial charge in [-0.3, -0.25) is 14.0 Å². The molecule has 0 aliphatic carbocycles. The lowest BCUT2D eigenvalue weighted by molar-refractivity contribution is -0.128. The highest BCUT2D eigenvalue weighted by molar-refractivity contribution is 7.99. The SMILES string of the molecule is COc1ccc(C)cc1-n1c(=O)c2ccccc2n2c(SCC(=O)N3CCCCCCC3)nnc12. The summed E-state index contributed by atoms with van der Waals surface area (Å²) >= 11 is 1.36. The molecular formula is C26H29N5O3S. The quantitative estimate of drug-likeness (QED) is 0.389. The maximum atomic E-state index is 13.6. The van der Waals surface area contributed by atoms with Gasteiger partial charge in [-0.1, -0.05) is 49.2 Å². The number of methoxy groups -OCH3 is 1. The summed E-state index contributed by atoms with van der Waals surface area (Å²) in [7, 11) is 1.58. The normalized spacial score (nSPS) is 14.7. The number of thioether (sulfide) groups is 1. The monoisotopic (exact) mass is 491 g/mol. The molecule has 0 atom stereocenters. The van der Waals surface area contributed by atoms with Gasteiger partial charge in [0.2, 0.25) is 11.7 Å². The summed E-state index contributed by atoms with van der Waals surface area (Å²) in [5.41, 5.74) is 2.11. The van der Waals surface area contributed by atoms with Gasteiger partial charge in [-0.2, -0.15) is 0 Å². The Kier molecular flexibility index (Phi) is 6.77. The molecule has 0 unspecified atom stereocenters. The average molecular weight is 492 g/mol. The average Bonchev–Trinajstić information content (AvgIpc) is 3.26. The molecule has 3 heterocycles. The molecule has 0 radical (unpaired) electrons. The number of likely N-dealkylation sites (tertiary alicyclic amines) is 1. The molecule has 2 aromatic heterocycles. The fraction of sp³-hybridized carbons (Fsp3) is 0.385. The number of rotatable bonds is 5. The van der Waals surface area contributed by atoms with Crippen LogP contribution in [0, 0.1) is 6.92 Å².